The van der Waals surface area contributed by atoms with Crippen LogP contribution in [0.15, 0.2) is 18.2 Å². The Balaban J connectivity index is 2.45. The van der Waals surface area contributed by atoms with Crippen molar-refractivity contribution in [2.75, 3.05) is 0 Å². The zero-order valence-corrected chi connectivity index (χ0v) is 9.72. The topological polar surface area (TPSA) is 0 Å². The highest BCUT2D eigenvalue weighted by atomic mass is 14.3. The maximum Gasteiger partial charge on any atom is -0.0132 e. The number of aryl methyl sites for hydroxylation is 1. The Morgan fingerprint density at radius 3 is 2.57 bits per heavy atom. The number of hydrogen-bond acceptors (Lipinski definition) is 0. The Kier molecular flexibility index (Phi) is 2.17. The molecule has 0 spiro atoms. The van der Waals surface area contributed by atoms with Crippen molar-refractivity contribution < 1.29 is 0 Å². The summed E-state index contributed by atoms with van der Waals surface area (Å²) in [5.74, 6) is 0.771. The van der Waals surface area contributed by atoms with Crippen molar-refractivity contribution in [2.45, 2.75) is 51.9 Å². The van der Waals surface area contributed by atoms with Gasteiger partial charge < -0.3 is 0 Å². The monoisotopic (exact) mass is 188 g/mol. The van der Waals surface area contributed by atoms with E-state index in [0.29, 0.717) is 0 Å². The third-order valence-corrected chi connectivity index (χ3v) is 3.39. The number of hydrogen-bond donors (Lipinski definition) is 0. The van der Waals surface area contributed by atoms with E-state index in [2.05, 4.69) is 45.9 Å². The molecule has 1 aliphatic carbocycles. The Bertz CT molecular complexity index is 342. The van der Waals surface area contributed by atoms with Gasteiger partial charge >= 0.3 is 0 Å². The molecule has 0 nitrogen and oxygen atoms in total. The van der Waals surface area contributed by atoms with Crippen molar-refractivity contribution >= 4 is 0 Å². The predicted octanol–water partition coefficient (Wildman–Crippen LogP) is 4.03. The van der Waals surface area contributed by atoms with Crippen LogP contribution in [0.25, 0.3) is 0 Å². The third kappa shape index (κ3) is 1.58. The molecule has 1 atom stereocenters. The van der Waals surface area contributed by atoms with Crippen LogP contribution in [0.2, 0.25) is 0 Å². The van der Waals surface area contributed by atoms with Crippen LogP contribution in [-0.2, 0) is 11.8 Å². The first-order chi connectivity index (χ1) is 6.48. The molecule has 0 saturated heterocycles. The van der Waals surface area contributed by atoms with Crippen LogP contribution in [0.4, 0.5) is 0 Å². The van der Waals surface area contributed by atoms with Gasteiger partial charge in [0.2, 0.25) is 0 Å². The zero-order valence-electron chi connectivity index (χ0n) is 9.72. The van der Waals surface area contributed by atoms with Crippen LogP contribution >= 0.6 is 0 Å². The molecular weight excluding hydrogens is 168 g/mol. The van der Waals surface area contributed by atoms with Crippen molar-refractivity contribution in [1.82, 2.24) is 0 Å². The first kappa shape index (κ1) is 9.76. The summed E-state index contributed by atoms with van der Waals surface area (Å²) in [6.07, 6.45) is 2.61. The van der Waals surface area contributed by atoms with E-state index in [-0.39, 0.29) is 5.41 Å². The average molecular weight is 188 g/mol. The van der Waals surface area contributed by atoms with E-state index in [1.165, 1.54) is 18.4 Å². The van der Waals surface area contributed by atoms with Gasteiger partial charge in [0.05, 0.1) is 0 Å². The fourth-order valence-electron chi connectivity index (χ4n) is 2.28. The van der Waals surface area contributed by atoms with E-state index in [0.717, 1.165) is 5.92 Å². The molecule has 0 amide bonds. The normalized spacial score (nSPS) is 21.0. The standard InChI is InChI=1S/C14H20/c1-10-5-6-11-7-8-12(9-13(10)11)14(2,3)4/h7-10H,5-6H2,1-4H3. The smallest absolute Gasteiger partial charge is 0.0132 e. The van der Waals surface area contributed by atoms with Crippen molar-refractivity contribution in [3.05, 3.63) is 34.9 Å². The Morgan fingerprint density at radius 2 is 1.93 bits per heavy atom. The van der Waals surface area contributed by atoms with Gasteiger partial charge in [-0.25, -0.2) is 0 Å². The molecule has 76 valence electrons. The molecular formula is C14H20. The quantitative estimate of drug-likeness (QED) is 0.576. The minimum absolute atomic E-state index is 0.289. The molecule has 0 aliphatic heterocycles. The van der Waals surface area contributed by atoms with Crippen molar-refractivity contribution in [3.8, 4) is 0 Å². The SMILES string of the molecule is CC1CCc2ccc(C(C)(C)C)cc21. The van der Waals surface area contributed by atoms with Crippen LogP contribution in [0, 0.1) is 0 Å². The summed E-state index contributed by atoms with van der Waals surface area (Å²) in [5, 5.41) is 0. The van der Waals surface area contributed by atoms with E-state index in [4.69, 9.17) is 0 Å². The Labute approximate surface area is 87.3 Å². The molecule has 0 heteroatoms. The molecule has 0 radical (unpaired) electrons. The summed E-state index contributed by atoms with van der Waals surface area (Å²) in [6.45, 7) is 9.20. The zero-order chi connectivity index (χ0) is 10.3. The minimum Gasteiger partial charge on any atom is -0.0585 e. The number of rotatable bonds is 0. The first-order valence-corrected chi connectivity index (χ1v) is 5.62. The van der Waals surface area contributed by atoms with Crippen molar-refractivity contribution in [1.29, 1.82) is 0 Å². The lowest BCUT2D eigenvalue weighted by Crippen LogP contribution is -2.11. The molecule has 1 unspecified atom stereocenters. The van der Waals surface area contributed by atoms with Crippen LogP contribution in [0.1, 0.15) is 56.7 Å². The molecule has 1 aromatic carbocycles. The summed E-state index contributed by atoms with van der Waals surface area (Å²) in [4.78, 5) is 0. The fourth-order valence-corrected chi connectivity index (χ4v) is 2.28. The Morgan fingerprint density at radius 1 is 1.21 bits per heavy atom. The van der Waals surface area contributed by atoms with Gasteiger partial charge in [0.25, 0.3) is 0 Å². The first-order valence-electron chi connectivity index (χ1n) is 5.62. The fraction of sp³-hybridized carbons (Fsp3) is 0.571. The highest BCUT2D eigenvalue weighted by Crippen LogP contribution is 2.35. The molecule has 2 rings (SSSR count). The van der Waals surface area contributed by atoms with Crippen molar-refractivity contribution in [3.63, 3.8) is 0 Å². The van der Waals surface area contributed by atoms with Gasteiger partial charge in [-0.3, -0.25) is 0 Å². The molecule has 0 N–H and O–H groups in total. The van der Waals surface area contributed by atoms with Gasteiger partial charge in [-0.2, -0.15) is 0 Å². The molecule has 0 bridgehead atoms. The molecule has 0 aromatic heterocycles. The molecule has 1 aliphatic rings. The van der Waals surface area contributed by atoms with Gasteiger partial charge in [-0.05, 0) is 40.9 Å². The van der Waals surface area contributed by atoms with Crippen LogP contribution in [-0.4, -0.2) is 0 Å². The molecule has 1 aromatic rings. The minimum atomic E-state index is 0.289. The van der Waals surface area contributed by atoms with Crippen LogP contribution in [0.5, 0.6) is 0 Å². The van der Waals surface area contributed by atoms with Gasteiger partial charge in [0.1, 0.15) is 0 Å². The lowest BCUT2D eigenvalue weighted by Gasteiger charge is -2.20. The highest BCUT2D eigenvalue weighted by molar-refractivity contribution is 5.40. The predicted molar refractivity (Wildman–Crippen MR) is 61.9 cm³/mol. The van der Waals surface area contributed by atoms with Gasteiger partial charge in [0.15, 0.2) is 0 Å². The lowest BCUT2D eigenvalue weighted by atomic mass is 9.85. The van der Waals surface area contributed by atoms with Crippen molar-refractivity contribution in [2.24, 2.45) is 0 Å². The maximum absolute atomic E-state index is 2.42. The number of fused-ring (bicyclic) bond motifs is 1. The summed E-state index contributed by atoms with van der Waals surface area (Å²) in [7, 11) is 0. The largest absolute Gasteiger partial charge is 0.0585 e. The van der Waals surface area contributed by atoms with Gasteiger partial charge in [-0.15, -0.1) is 0 Å². The van der Waals surface area contributed by atoms with E-state index >= 15 is 0 Å². The Hall–Kier alpha value is -0.780. The lowest BCUT2D eigenvalue weighted by molar-refractivity contribution is 0.588. The second kappa shape index (κ2) is 3.12. The van der Waals surface area contributed by atoms with Crippen LogP contribution < -0.4 is 0 Å². The van der Waals surface area contributed by atoms with E-state index < -0.39 is 0 Å². The van der Waals surface area contributed by atoms with Gasteiger partial charge in [-0.1, -0.05) is 45.9 Å². The summed E-state index contributed by atoms with van der Waals surface area (Å²) in [6, 6.07) is 7.06. The third-order valence-electron chi connectivity index (χ3n) is 3.39. The van der Waals surface area contributed by atoms with E-state index in [1.807, 2.05) is 0 Å². The molecule has 0 fully saturated rings. The summed E-state index contributed by atoms with van der Waals surface area (Å²) < 4.78 is 0. The maximum atomic E-state index is 2.42. The second-order valence-corrected chi connectivity index (χ2v) is 5.60. The second-order valence-electron chi connectivity index (χ2n) is 5.60. The molecule has 0 saturated carbocycles. The molecule has 0 heterocycles. The van der Waals surface area contributed by atoms with Crippen LogP contribution in [0.3, 0.4) is 0 Å². The summed E-state index contributed by atoms with van der Waals surface area (Å²) in [5.41, 5.74) is 4.94. The number of benzene rings is 1. The molecule has 14 heavy (non-hydrogen) atoms. The van der Waals surface area contributed by atoms with Gasteiger partial charge in [0, 0.05) is 0 Å². The van der Waals surface area contributed by atoms with E-state index in [9.17, 15) is 0 Å². The highest BCUT2D eigenvalue weighted by Gasteiger charge is 2.21. The van der Waals surface area contributed by atoms with E-state index in [1.54, 1.807) is 11.1 Å². The summed E-state index contributed by atoms with van der Waals surface area (Å²) >= 11 is 0. The average Bonchev–Trinajstić information content (AvgIpc) is 2.46.